The van der Waals surface area contributed by atoms with Crippen LogP contribution in [0, 0.1) is 6.92 Å². The lowest BCUT2D eigenvalue weighted by atomic mass is 10.1. The number of rotatable bonds is 6. The molecule has 0 amide bonds. The minimum Gasteiger partial charge on any atom is -0.377 e. The summed E-state index contributed by atoms with van der Waals surface area (Å²) in [6, 6.07) is 1.93. The summed E-state index contributed by atoms with van der Waals surface area (Å²) in [6.45, 7) is 1.93. The van der Waals surface area contributed by atoms with Gasteiger partial charge in [0.2, 0.25) is 0 Å². The fourth-order valence-electron chi connectivity index (χ4n) is 1.84. The van der Waals surface area contributed by atoms with E-state index >= 15 is 0 Å². The molecule has 5 nitrogen and oxygen atoms in total. The molecule has 1 N–H and O–H groups in total. The second-order valence-electron chi connectivity index (χ2n) is 4.28. The molecule has 1 rings (SSSR count). The minimum atomic E-state index is 0.615. The average molecular weight is 292 g/mol. The zero-order chi connectivity index (χ0) is 15.1. The summed E-state index contributed by atoms with van der Waals surface area (Å²) in [5, 5.41) is 3.09. The Bertz CT molecular complexity index is 538. The van der Waals surface area contributed by atoms with Gasteiger partial charge in [-0.1, -0.05) is 0 Å². The monoisotopic (exact) mass is 292 g/mol. The van der Waals surface area contributed by atoms with Crippen molar-refractivity contribution in [3.8, 4) is 0 Å². The molecular weight excluding hydrogens is 272 g/mol. The highest BCUT2D eigenvalue weighted by Gasteiger charge is 2.16. The number of nitrogens with one attached hydrogen (secondary N) is 1. The topological polar surface area (TPSA) is 57.6 Å². The number of aryl methyl sites for hydroxylation is 1. The molecule has 0 saturated carbocycles. The van der Waals surface area contributed by atoms with Gasteiger partial charge in [-0.3, -0.25) is 14.8 Å². The van der Waals surface area contributed by atoms with E-state index in [1.807, 2.05) is 38.2 Å². The van der Waals surface area contributed by atoms with E-state index < -0.39 is 0 Å². The zero-order valence-corrected chi connectivity index (χ0v) is 13.3. The van der Waals surface area contributed by atoms with Crippen molar-refractivity contribution in [2.24, 2.45) is 4.99 Å². The Kier molecular flexibility index (Phi) is 6.24. The number of nitrogens with zero attached hydrogens (tertiary/aromatic N) is 3. The number of aromatic nitrogens is 1. The second-order valence-corrected chi connectivity index (χ2v) is 5.13. The molecule has 0 aromatic carbocycles. The third-order valence-corrected chi connectivity index (χ3v) is 3.50. The van der Waals surface area contributed by atoms with Crippen molar-refractivity contribution in [1.29, 1.82) is 0 Å². The first-order valence-electron chi connectivity index (χ1n) is 6.10. The van der Waals surface area contributed by atoms with Gasteiger partial charge in [0.1, 0.15) is 0 Å². The average Bonchev–Trinajstić information content (AvgIpc) is 2.43. The maximum absolute atomic E-state index is 11.3. The summed E-state index contributed by atoms with van der Waals surface area (Å²) in [6.07, 6.45) is 6.05. The van der Waals surface area contributed by atoms with E-state index in [1.165, 1.54) is 11.8 Å². The third kappa shape index (κ3) is 3.60. The molecule has 0 bridgehead atoms. The molecule has 0 fully saturated rings. The van der Waals surface area contributed by atoms with Crippen molar-refractivity contribution in [3.05, 3.63) is 28.4 Å². The normalized spacial score (nSPS) is 12.2. The maximum Gasteiger partial charge on any atom is 0.158 e. The minimum absolute atomic E-state index is 0.615. The van der Waals surface area contributed by atoms with Crippen LogP contribution < -0.4 is 10.2 Å². The van der Waals surface area contributed by atoms with E-state index in [0.717, 1.165) is 28.9 Å². The highest BCUT2D eigenvalue weighted by Crippen LogP contribution is 2.30. The molecule has 1 aromatic rings. The molecule has 0 saturated heterocycles. The molecule has 1 heterocycles. The van der Waals surface area contributed by atoms with Gasteiger partial charge in [0.25, 0.3) is 0 Å². The SMILES string of the molecule is CN=CN/C(=C(\C=O)SC)c1c(N(C)C)ccnc1C. The van der Waals surface area contributed by atoms with Gasteiger partial charge in [0, 0.05) is 44.3 Å². The van der Waals surface area contributed by atoms with Crippen molar-refractivity contribution in [3.63, 3.8) is 0 Å². The molecule has 20 heavy (non-hydrogen) atoms. The number of anilines is 1. The first-order valence-corrected chi connectivity index (χ1v) is 7.33. The molecule has 0 radical (unpaired) electrons. The number of allylic oxidation sites excluding steroid dienone is 1. The molecule has 1 aromatic heterocycles. The van der Waals surface area contributed by atoms with Gasteiger partial charge < -0.3 is 10.2 Å². The standard InChI is InChI=1S/C14H20N4OS/c1-10-13(11(18(3)4)6-7-16-10)14(17-9-15-2)12(8-19)20-5/h6-9H,1-5H3,(H,15,17)/b14-12+. The fraction of sp³-hybridized carbons (Fsp3) is 0.357. The summed E-state index contributed by atoms with van der Waals surface area (Å²) in [5.74, 6) is 0. The Balaban J connectivity index is 3.56. The first-order chi connectivity index (χ1) is 9.56. The third-order valence-electron chi connectivity index (χ3n) is 2.76. The van der Waals surface area contributed by atoms with E-state index in [1.54, 1.807) is 19.6 Å². The number of aldehydes is 1. The lowest BCUT2D eigenvalue weighted by Gasteiger charge is -2.21. The van der Waals surface area contributed by atoms with Crippen LogP contribution in [-0.4, -0.2) is 45.0 Å². The van der Waals surface area contributed by atoms with Crippen LogP contribution in [0.15, 0.2) is 22.2 Å². The predicted octanol–water partition coefficient (Wildman–Crippen LogP) is 1.93. The molecule has 0 atom stereocenters. The van der Waals surface area contributed by atoms with Gasteiger partial charge in [0.05, 0.1) is 16.9 Å². The van der Waals surface area contributed by atoms with Crippen molar-refractivity contribution in [2.75, 3.05) is 32.3 Å². The van der Waals surface area contributed by atoms with E-state index in [0.29, 0.717) is 4.91 Å². The number of carbonyl (C=O) groups is 1. The van der Waals surface area contributed by atoms with Crippen LogP contribution in [-0.2, 0) is 4.79 Å². The number of aliphatic imine (C=N–C) groups is 1. The zero-order valence-electron chi connectivity index (χ0n) is 12.5. The van der Waals surface area contributed by atoms with Crippen molar-refractivity contribution < 1.29 is 4.79 Å². The van der Waals surface area contributed by atoms with Crippen molar-refractivity contribution in [1.82, 2.24) is 10.3 Å². The molecule has 0 aliphatic heterocycles. The van der Waals surface area contributed by atoms with Gasteiger partial charge >= 0.3 is 0 Å². The largest absolute Gasteiger partial charge is 0.377 e. The van der Waals surface area contributed by atoms with Crippen molar-refractivity contribution in [2.45, 2.75) is 6.92 Å². The second kappa shape index (κ2) is 7.69. The number of hydrogen-bond donors (Lipinski definition) is 1. The Morgan fingerprint density at radius 1 is 1.50 bits per heavy atom. The fourth-order valence-corrected chi connectivity index (χ4v) is 2.30. The summed E-state index contributed by atoms with van der Waals surface area (Å²) in [7, 11) is 5.60. The van der Waals surface area contributed by atoms with Crippen molar-refractivity contribution >= 4 is 35.8 Å². The summed E-state index contributed by atoms with van der Waals surface area (Å²) in [5.41, 5.74) is 3.50. The number of carbonyl (C=O) groups excluding carboxylic acids is 1. The van der Waals surface area contributed by atoms with Gasteiger partial charge in [-0.15, -0.1) is 11.8 Å². The van der Waals surface area contributed by atoms with Crippen LogP contribution >= 0.6 is 11.8 Å². The molecule has 0 aliphatic rings. The van der Waals surface area contributed by atoms with Crippen LogP contribution in [0.4, 0.5) is 5.69 Å². The Morgan fingerprint density at radius 3 is 2.70 bits per heavy atom. The number of hydrogen-bond acceptors (Lipinski definition) is 5. The Morgan fingerprint density at radius 2 is 2.20 bits per heavy atom. The van der Waals surface area contributed by atoms with Crippen LogP contribution in [0.2, 0.25) is 0 Å². The molecule has 6 heteroatoms. The lowest BCUT2D eigenvalue weighted by molar-refractivity contribution is -0.104. The first kappa shape index (κ1) is 16.2. The van der Waals surface area contributed by atoms with Gasteiger partial charge in [-0.05, 0) is 19.2 Å². The van der Waals surface area contributed by atoms with E-state index in [-0.39, 0.29) is 0 Å². The van der Waals surface area contributed by atoms with E-state index in [2.05, 4.69) is 15.3 Å². The quantitative estimate of drug-likeness (QED) is 0.376. The molecular formula is C14H20N4OS. The highest BCUT2D eigenvalue weighted by molar-refractivity contribution is 8.03. The van der Waals surface area contributed by atoms with Gasteiger partial charge in [-0.25, -0.2) is 0 Å². The summed E-state index contributed by atoms with van der Waals surface area (Å²) in [4.78, 5) is 22.2. The predicted molar refractivity (Wildman–Crippen MR) is 87.4 cm³/mol. The van der Waals surface area contributed by atoms with E-state index in [9.17, 15) is 4.79 Å². The van der Waals surface area contributed by atoms with Gasteiger partial charge in [0.15, 0.2) is 6.29 Å². The Hall–Kier alpha value is -1.82. The summed E-state index contributed by atoms with van der Waals surface area (Å²) >= 11 is 1.39. The molecule has 0 aliphatic carbocycles. The van der Waals surface area contributed by atoms with Crippen LogP contribution in [0.1, 0.15) is 11.3 Å². The number of pyridine rings is 1. The smallest absolute Gasteiger partial charge is 0.158 e. The molecule has 108 valence electrons. The highest BCUT2D eigenvalue weighted by atomic mass is 32.2. The van der Waals surface area contributed by atoms with E-state index in [4.69, 9.17) is 0 Å². The van der Waals surface area contributed by atoms with Crippen LogP contribution in [0.3, 0.4) is 0 Å². The van der Waals surface area contributed by atoms with Crippen LogP contribution in [0.25, 0.3) is 5.70 Å². The van der Waals surface area contributed by atoms with Crippen LogP contribution in [0.5, 0.6) is 0 Å². The number of thioether (sulfide) groups is 1. The summed E-state index contributed by atoms with van der Waals surface area (Å²) < 4.78 is 0. The molecule has 0 spiro atoms. The maximum atomic E-state index is 11.3. The Labute approximate surface area is 124 Å². The van der Waals surface area contributed by atoms with Gasteiger partial charge in [-0.2, -0.15) is 0 Å². The lowest BCUT2D eigenvalue weighted by Crippen LogP contribution is -2.18. The molecule has 0 unspecified atom stereocenters.